The Morgan fingerprint density at radius 1 is 1.00 bits per heavy atom. The van der Waals surface area contributed by atoms with Gasteiger partial charge in [0.05, 0.1) is 6.07 Å². The molecule has 0 unspecified atom stereocenters. The molecule has 0 aromatic carbocycles. The van der Waals surface area contributed by atoms with Gasteiger partial charge < -0.3 is 9.80 Å². The number of piperazine rings is 1. The second kappa shape index (κ2) is 7.67. The topological polar surface area (TPSA) is 30.3 Å². The average Bonchev–Trinajstić information content (AvgIpc) is 2.28. The van der Waals surface area contributed by atoms with E-state index in [1.165, 1.54) is 45.6 Å². The van der Waals surface area contributed by atoms with Crippen LogP contribution < -0.4 is 0 Å². The van der Waals surface area contributed by atoms with Crippen LogP contribution in [-0.4, -0.2) is 49.1 Å². The average molecular weight is 209 g/mol. The molecule has 1 aliphatic rings. The van der Waals surface area contributed by atoms with Gasteiger partial charge >= 0.3 is 0 Å². The normalized spacial score (nSPS) is 18.9. The Morgan fingerprint density at radius 3 is 2.00 bits per heavy atom. The van der Waals surface area contributed by atoms with E-state index in [0.717, 1.165) is 13.0 Å². The molecule has 0 aromatic heterocycles. The van der Waals surface area contributed by atoms with Crippen molar-refractivity contribution in [2.24, 2.45) is 0 Å². The van der Waals surface area contributed by atoms with E-state index < -0.39 is 0 Å². The molecule has 0 aromatic rings. The summed E-state index contributed by atoms with van der Waals surface area (Å²) in [7, 11) is 0. The maximum Gasteiger partial charge on any atom is 0.0622 e. The summed E-state index contributed by atoms with van der Waals surface area (Å²) in [5.41, 5.74) is 0. The summed E-state index contributed by atoms with van der Waals surface area (Å²) >= 11 is 0. The van der Waals surface area contributed by atoms with Gasteiger partial charge in [-0.15, -0.1) is 0 Å². The zero-order chi connectivity index (χ0) is 10.9. The molecular formula is C12H23N3. The maximum atomic E-state index is 8.46. The Balaban J connectivity index is 2.05. The number of unbranched alkanes of at least 4 members (excludes halogenated alkanes) is 2. The molecule has 1 saturated heterocycles. The van der Waals surface area contributed by atoms with E-state index in [0.29, 0.717) is 6.42 Å². The van der Waals surface area contributed by atoms with Gasteiger partial charge in [0, 0.05) is 32.6 Å². The molecule has 0 aliphatic carbocycles. The van der Waals surface area contributed by atoms with Crippen LogP contribution in [0.4, 0.5) is 0 Å². The van der Waals surface area contributed by atoms with Crippen LogP contribution in [0.3, 0.4) is 0 Å². The molecule has 0 atom stereocenters. The molecule has 1 fully saturated rings. The van der Waals surface area contributed by atoms with E-state index >= 15 is 0 Å². The third kappa shape index (κ3) is 5.15. The van der Waals surface area contributed by atoms with Crippen molar-refractivity contribution >= 4 is 0 Å². The summed E-state index contributed by atoms with van der Waals surface area (Å²) in [5, 5.41) is 8.46. The van der Waals surface area contributed by atoms with Crippen LogP contribution in [0.1, 0.15) is 32.6 Å². The molecule has 86 valence electrons. The molecule has 0 radical (unpaired) electrons. The van der Waals surface area contributed by atoms with E-state index in [1.54, 1.807) is 0 Å². The van der Waals surface area contributed by atoms with Crippen LogP contribution >= 0.6 is 0 Å². The minimum absolute atomic E-state index is 0.704. The molecule has 0 spiro atoms. The lowest BCUT2D eigenvalue weighted by molar-refractivity contribution is 0.130. The lowest BCUT2D eigenvalue weighted by Gasteiger charge is -2.34. The smallest absolute Gasteiger partial charge is 0.0622 e. The first-order valence-electron chi connectivity index (χ1n) is 6.18. The van der Waals surface area contributed by atoms with Gasteiger partial charge in [-0.2, -0.15) is 5.26 Å². The maximum absolute atomic E-state index is 8.46. The third-order valence-electron chi connectivity index (χ3n) is 3.06. The van der Waals surface area contributed by atoms with Crippen LogP contribution in [0.5, 0.6) is 0 Å². The molecule has 1 aliphatic heterocycles. The summed E-state index contributed by atoms with van der Waals surface area (Å²) in [4.78, 5) is 5.05. The van der Waals surface area contributed by atoms with Crippen molar-refractivity contribution in [1.82, 2.24) is 9.80 Å². The number of nitrogens with zero attached hydrogens (tertiary/aromatic N) is 3. The Kier molecular flexibility index (Phi) is 6.38. The minimum atomic E-state index is 0.704. The summed E-state index contributed by atoms with van der Waals surface area (Å²) < 4.78 is 0. The zero-order valence-corrected chi connectivity index (χ0v) is 9.91. The first kappa shape index (κ1) is 12.5. The second-order valence-electron chi connectivity index (χ2n) is 4.30. The van der Waals surface area contributed by atoms with Crippen molar-refractivity contribution in [2.75, 3.05) is 39.3 Å². The van der Waals surface area contributed by atoms with Crippen molar-refractivity contribution in [1.29, 1.82) is 5.26 Å². The highest BCUT2D eigenvalue weighted by Crippen LogP contribution is 2.04. The number of rotatable bonds is 6. The Labute approximate surface area is 93.7 Å². The summed E-state index contributed by atoms with van der Waals surface area (Å²) in [5.74, 6) is 0. The Hall–Kier alpha value is -0.590. The predicted octanol–water partition coefficient (Wildman–Crippen LogP) is 1.71. The van der Waals surface area contributed by atoms with Gasteiger partial charge in [0.1, 0.15) is 0 Å². The van der Waals surface area contributed by atoms with Gasteiger partial charge in [-0.25, -0.2) is 0 Å². The second-order valence-corrected chi connectivity index (χ2v) is 4.30. The molecule has 0 saturated carbocycles. The van der Waals surface area contributed by atoms with Gasteiger partial charge in [-0.3, -0.25) is 0 Å². The SMILES string of the molecule is CCCCN1CCN(CCCC#N)CC1. The molecule has 0 N–H and O–H groups in total. The fourth-order valence-electron chi connectivity index (χ4n) is 2.00. The van der Waals surface area contributed by atoms with Crippen molar-refractivity contribution in [3.63, 3.8) is 0 Å². The van der Waals surface area contributed by atoms with Gasteiger partial charge in [0.2, 0.25) is 0 Å². The summed E-state index contributed by atoms with van der Waals surface area (Å²) in [6.07, 6.45) is 4.36. The molecular weight excluding hydrogens is 186 g/mol. The van der Waals surface area contributed by atoms with Crippen LogP contribution in [0.25, 0.3) is 0 Å². The molecule has 3 nitrogen and oxygen atoms in total. The summed E-state index contributed by atoms with van der Waals surface area (Å²) in [6, 6.07) is 2.21. The molecule has 1 rings (SSSR count). The molecule has 0 bridgehead atoms. The Morgan fingerprint density at radius 2 is 1.53 bits per heavy atom. The van der Waals surface area contributed by atoms with Gasteiger partial charge in [0.15, 0.2) is 0 Å². The van der Waals surface area contributed by atoms with Crippen molar-refractivity contribution in [3.05, 3.63) is 0 Å². The van der Waals surface area contributed by atoms with E-state index in [4.69, 9.17) is 5.26 Å². The van der Waals surface area contributed by atoms with Crippen molar-refractivity contribution in [2.45, 2.75) is 32.6 Å². The highest BCUT2D eigenvalue weighted by Gasteiger charge is 2.15. The lowest BCUT2D eigenvalue weighted by atomic mass is 10.2. The molecule has 3 heteroatoms. The molecule has 15 heavy (non-hydrogen) atoms. The van der Waals surface area contributed by atoms with E-state index in [9.17, 15) is 0 Å². The largest absolute Gasteiger partial charge is 0.301 e. The molecule has 0 amide bonds. The van der Waals surface area contributed by atoms with Crippen LogP contribution in [-0.2, 0) is 0 Å². The van der Waals surface area contributed by atoms with E-state index in [2.05, 4.69) is 22.8 Å². The van der Waals surface area contributed by atoms with E-state index in [1.807, 2.05) is 0 Å². The standard InChI is InChI=1S/C12H23N3/c1-2-3-7-14-9-11-15(12-10-14)8-5-4-6-13/h2-5,7-12H2,1H3. The van der Waals surface area contributed by atoms with Crippen LogP contribution in [0.2, 0.25) is 0 Å². The van der Waals surface area contributed by atoms with Gasteiger partial charge in [0.25, 0.3) is 0 Å². The van der Waals surface area contributed by atoms with E-state index in [-0.39, 0.29) is 0 Å². The predicted molar refractivity (Wildman–Crippen MR) is 62.6 cm³/mol. The lowest BCUT2D eigenvalue weighted by Crippen LogP contribution is -2.46. The quantitative estimate of drug-likeness (QED) is 0.624. The third-order valence-corrected chi connectivity index (χ3v) is 3.06. The fraction of sp³-hybridized carbons (Fsp3) is 0.917. The highest BCUT2D eigenvalue weighted by molar-refractivity contribution is 4.74. The van der Waals surface area contributed by atoms with Gasteiger partial charge in [-0.05, 0) is 25.9 Å². The van der Waals surface area contributed by atoms with Crippen LogP contribution in [0.15, 0.2) is 0 Å². The number of hydrogen-bond donors (Lipinski definition) is 0. The molecule has 1 heterocycles. The minimum Gasteiger partial charge on any atom is -0.301 e. The Bertz CT molecular complexity index is 190. The number of nitriles is 1. The fourth-order valence-corrected chi connectivity index (χ4v) is 2.00. The van der Waals surface area contributed by atoms with Gasteiger partial charge in [-0.1, -0.05) is 13.3 Å². The first-order valence-corrected chi connectivity index (χ1v) is 6.18. The zero-order valence-electron chi connectivity index (χ0n) is 9.91. The van der Waals surface area contributed by atoms with Crippen molar-refractivity contribution < 1.29 is 0 Å². The highest BCUT2D eigenvalue weighted by atomic mass is 15.3. The first-order chi connectivity index (χ1) is 7.36. The summed E-state index contributed by atoms with van der Waals surface area (Å²) in [6.45, 7) is 9.43. The van der Waals surface area contributed by atoms with Crippen molar-refractivity contribution in [3.8, 4) is 6.07 Å². The number of hydrogen-bond acceptors (Lipinski definition) is 3. The van der Waals surface area contributed by atoms with Crippen LogP contribution in [0, 0.1) is 11.3 Å². The monoisotopic (exact) mass is 209 g/mol.